The van der Waals surface area contributed by atoms with Gasteiger partial charge in [0.25, 0.3) is 0 Å². The smallest absolute Gasteiger partial charge is 0.384 e. The summed E-state index contributed by atoms with van der Waals surface area (Å²) < 4.78 is 40.0. The van der Waals surface area contributed by atoms with Gasteiger partial charge in [-0.1, -0.05) is 6.92 Å². The fourth-order valence-corrected chi connectivity index (χ4v) is 2.10. The lowest BCUT2D eigenvalue weighted by atomic mass is 10.1. The van der Waals surface area contributed by atoms with E-state index in [9.17, 15) is 13.2 Å². The predicted molar refractivity (Wildman–Crippen MR) is 73.6 cm³/mol. The average Bonchev–Trinajstić information content (AvgIpc) is 2.85. The number of benzene rings is 1. The molecule has 21 heavy (non-hydrogen) atoms. The van der Waals surface area contributed by atoms with Gasteiger partial charge in [0.2, 0.25) is 0 Å². The lowest BCUT2D eigenvalue weighted by Crippen LogP contribution is -2.17. The summed E-state index contributed by atoms with van der Waals surface area (Å²) in [7, 11) is 0. The molecule has 0 fully saturated rings. The monoisotopic (exact) mass is 296 g/mol. The molecular weight excluding hydrogens is 281 g/mol. The van der Waals surface area contributed by atoms with Crippen molar-refractivity contribution in [2.45, 2.75) is 25.9 Å². The van der Waals surface area contributed by atoms with Crippen LogP contribution in [0.2, 0.25) is 0 Å². The van der Waals surface area contributed by atoms with Crippen LogP contribution < -0.4 is 5.73 Å². The number of rotatable bonds is 4. The van der Waals surface area contributed by atoms with E-state index < -0.39 is 17.6 Å². The van der Waals surface area contributed by atoms with Crippen LogP contribution >= 0.6 is 0 Å². The normalized spacial score (nSPS) is 11.6. The number of aromatic nitrogens is 2. The first-order chi connectivity index (χ1) is 9.84. The van der Waals surface area contributed by atoms with E-state index in [0.29, 0.717) is 12.1 Å². The zero-order chi connectivity index (χ0) is 15.6. The highest BCUT2D eigenvalue weighted by atomic mass is 19.4. The Labute approximate surface area is 119 Å². The minimum absolute atomic E-state index is 0.0418. The van der Waals surface area contributed by atoms with Gasteiger partial charge in [0.1, 0.15) is 11.7 Å². The third-order valence-corrected chi connectivity index (χ3v) is 3.06. The fourth-order valence-electron chi connectivity index (χ4n) is 2.10. The van der Waals surface area contributed by atoms with E-state index in [0.717, 1.165) is 24.4 Å². The first kappa shape index (κ1) is 15.1. The third kappa shape index (κ3) is 3.07. The van der Waals surface area contributed by atoms with Crippen molar-refractivity contribution in [1.29, 1.82) is 5.41 Å². The van der Waals surface area contributed by atoms with Gasteiger partial charge in [-0.15, -0.1) is 0 Å². The van der Waals surface area contributed by atoms with Gasteiger partial charge in [0.05, 0.1) is 11.3 Å². The van der Waals surface area contributed by atoms with Crippen LogP contribution in [0.25, 0.3) is 5.69 Å². The van der Waals surface area contributed by atoms with Crippen molar-refractivity contribution in [2.24, 2.45) is 5.73 Å². The number of nitrogens with zero attached hydrogens (tertiary/aromatic N) is 2. The Morgan fingerprint density at radius 3 is 2.67 bits per heavy atom. The maximum atomic E-state index is 12.8. The summed E-state index contributed by atoms with van der Waals surface area (Å²) in [6.45, 7) is 1.98. The maximum Gasteiger partial charge on any atom is 0.416 e. The van der Waals surface area contributed by atoms with Crippen LogP contribution in [0.1, 0.15) is 30.3 Å². The van der Waals surface area contributed by atoms with Gasteiger partial charge in [-0.05, 0) is 24.6 Å². The van der Waals surface area contributed by atoms with E-state index >= 15 is 0 Å². The number of imidazole rings is 1. The summed E-state index contributed by atoms with van der Waals surface area (Å²) in [5, 5.41) is 7.53. The second kappa shape index (κ2) is 5.59. The molecule has 0 unspecified atom stereocenters. The Morgan fingerprint density at radius 2 is 2.10 bits per heavy atom. The summed E-state index contributed by atoms with van der Waals surface area (Å²) in [6.07, 6.45) is 0.301. The van der Waals surface area contributed by atoms with Gasteiger partial charge in [0, 0.05) is 24.4 Å². The number of aryl methyl sites for hydroxylation is 1. The minimum atomic E-state index is -4.47. The van der Waals surface area contributed by atoms with E-state index in [2.05, 4.69) is 4.98 Å². The lowest BCUT2D eigenvalue weighted by Gasteiger charge is -2.15. The molecule has 1 aromatic carbocycles. The molecule has 0 radical (unpaired) electrons. The molecular formula is C14H15F3N4. The molecule has 3 N–H and O–H groups in total. The standard InChI is InChI=1S/C14H15F3N4/c1-2-3-12-20-6-7-21(12)11-5-4-9(14(15,16)17)8-10(11)13(18)19/h4-8H,2-3H2,1H3,(H3,18,19). The highest BCUT2D eigenvalue weighted by Crippen LogP contribution is 2.31. The topological polar surface area (TPSA) is 67.7 Å². The molecule has 2 aromatic rings. The maximum absolute atomic E-state index is 12.8. The van der Waals surface area contributed by atoms with Crippen molar-refractivity contribution in [1.82, 2.24) is 9.55 Å². The molecule has 0 aliphatic carbocycles. The van der Waals surface area contributed by atoms with Crippen molar-refractivity contribution < 1.29 is 13.2 Å². The van der Waals surface area contributed by atoms with E-state index in [1.165, 1.54) is 6.07 Å². The second-order valence-corrected chi connectivity index (χ2v) is 4.61. The minimum Gasteiger partial charge on any atom is -0.384 e. The number of nitrogens with one attached hydrogen (secondary N) is 1. The number of amidine groups is 1. The average molecular weight is 296 g/mol. The summed E-state index contributed by atoms with van der Waals surface area (Å²) in [6, 6.07) is 3.20. The summed E-state index contributed by atoms with van der Waals surface area (Å²) in [4.78, 5) is 4.18. The Morgan fingerprint density at radius 1 is 1.38 bits per heavy atom. The number of nitrogens with two attached hydrogens (primary N) is 1. The van der Waals surface area contributed by atoms with Gasteiger partial charge in [-0.2, -0.15) is 13.2 Å². The van der Waals surface area contributed by atoms with Crippen molar-refractivity contribution >= 4 is 5.84 Å². The van der Waals surface area contributed by atoms with Crippen LogP contribution in [-0.2, 0) is 12.6 Å². The predicted octanol–water partition coefficient (Wildman–Crippen LogP) is 3.13. The highest BCUT2D eigenvalue weighted by molar-refractivity contribution is 5.98. The van der Waals surface area contributed by atoms with E-state index in [-0.39, 0.29) is 5.56 Å². The van der Waals surface area contributed by atoms with E-state index in [1.807, 2.05) is 6.92 Å². The SMILES string of the molecule is CCCc1nccn1-c1ccc(C(F)(F)F)cc1C(=N)N. The Kier molecular flexibility index (Phi) is 4.02. The van der Waals surface area contributed by atoms with Crippen molar-refractivity contribution in [3.63, 3.8) is 0 Å². The molecule has 0 saturated heterocycles. The number of hydrogen-bond donors (Lipinski definition) is 2. The van der Waals surface area contributed by atoms with Crippen LogP contribution in [0.4, 0.5) is 13.2 Å². The lowest BCUT2D eigenvalue weighted by molar-refractivity contribution is -0.137. The molecule has 7 heteroatoms. The van der Waals surface area contributed by atoms with Gasteiger partial charge in [-0.3, -0.25) is 5.41 Å². The molecule has 0 saturated carbocycles. The summed E-state index contributed by atoms with van der Waals surface area (Å²) in [5.74, 6) is 0.312. The molecule has 112 valence electrons. The Bertz CT molecular complexity index is 658. The summed E-state index contributed by atoms with van der Waals surface area (Å²) in [5.41, 5.74) is 5.08. The fraction of sp³-hybridized carbons (Fsp3) is 0.286. The number of hydrogen-bond acceptors (Lipinski definition) is 2. The molecule has 2 rings (SSSR count). The van der Waals surface area contributed by atoms with Crippen LogP contribution in [0, 0.1) is 5.41 Å². The third-order valence-electron chi connectivity index (χ3n) is 3.06. The van der Waals surface area contributed by atoms with Gasteiger partial charge in [0.15, 0.2) is 0 Å². The molecule has 1 aromatic heterocycles. The molecule has 0 bridgehead atoms. The molecule has 0 atom stereocenters. The van der Waals surface area contributed by atoms with E-state index in [4.69, 9.17) is 11.1 Å². The number of halogens is 3. The molecule has 0 amide bonds. The van der Waals surface area contributed by atoms with Crippen LogP contribution in [0.3, 0.4) is 0 Å². The number of nitrogen functional groups attached to an aromatic ring is 1. The Hall–Kier alpha value is -2.31. The van der Waals surface area contributed by atoms with Crippen LogP contribution in [0.15, 0.2) is 30.6 Å². The summed E-state index contributed by atoms with van der Waals surface area (Å²) >= 11 is 0. The highest BCUT2D eigenvalue weighted by Gasteiger charge is 2.31. The van der Waals surface area contributed by atoms with Crippen LogP contribution in [0.5, 0.6) is 0 Å². The molecule has 0 spiro atoms. The largest absolute Gasteiger partial charge is 0.416 e. The van der Waals surface area contributed by atoms with Gasteiger partial charge >= 0.3 is 6.18 Å². The van der Waals surface area contributed by atoms with E-state index in [1.54, 1.807) is 17.0 Å². The van der Waals surface area contributed by atoms with Gasteiger partial charge < -0.3 is 10.3 Å². The van der Waals surface area contributed by atoms with Crippen LogP contribution in [-0.4, -0.2) is 15.4 Å². The quantitative estimate of drug-likeness (QED) is 0.672. The van der Waals surface area contributed by atoms with Gasteiger partial charge in [-0.25, -0.2) is 4.98 Å². The Balaban J connectivity index is 2.58. The van der Waals surface area contributed by atoms with Crippen molar-refractivity contribution in [3.8, 4) is 5.69 Å². The molecule has 0 aliphatic rings. The zero-order valence-electron chi connectivity index (χ0n) is 11.4. The molecule has 0 aliphatic heterocycles. The molecule has 4 nitrogen and oxygen atoms in total. The first-order valence-electron chi connectivity index (χ1n) is 6.42. The van der Waals surface area contributed by atoms with Crippen molar-refractivity contribution in [2.75, 3.05) is 0 Å². The first-order valence-corrected chi connectivity index (χ1v) is 6.42. The number of alkyl halides is 3. The van der Waals surface area contributed by atoms with Crippen molar-refractivity contribution in [3.05, 3.63) is 47.5 Å². The zero-order valence-corrected chi connectivity index (χ0v) is 11.4. The second-order valence-electron chi connectivity index (χ2n) is 4.61. The molecule has 1 heterocycles.